The number of carbonyl (C=O) groups is 5. The third kappa shape index (κ3) is 15.3. The summed E-state index contributed by atoms with van der Waals surface area (Å²) in [5.74, 6) is -7.96. The van der Waals surface area contributed by atoms with Crippen LogP contribution in [0.25, 0.3) is 0 Å². The number of ether oxygens (including phenoxy) is 6. The summed E-state index contributed by atoms with van der Waals surface area (Å²) in [4.78, 5) is 72.1. The number of nitrogens with zero attached hydrogens (tertiary/aromatic N) is 1. The third-order valence-electron chi connectivity index (χ3n) is 14.9. The molecule has 0 unspecified atom stereocenters. The topological polar surface area (TPSA) is 205 Å². The summed E-state index contributed by atoms with van der Waals surface area (Å²) < 4.78 is 35.6. The fourth-order valence-electron chi connectivity index (χ4n) is 10.5. The van der Waals surface area contributed by atoms with E-state index in [-0.39, 0.29) is 74.1 Å². The molecule has 1 saturated carbocycles. The van der Waals surface area contributed by atoms with Crippen LogP contribution in [0.3, 0.4) is 0 Å². The van der Waals surface area contributed by atoms with E-state index in [1.165, 1.54) is 12.0 Å². The van der Waals surface area contributed by atoms with Gasteiger partial charge in [-0.1, -0.05) is 71.1 Å². The van der Waals surface area contributed by atoms with Crippen molar-refractivity contribution < 1.29 is 67.7 Å². The van der Waals surface area contributed by atoms with E-state index in [0.29, 0.717) is 63.4 Å². The highest BCUT2D eigenvalue weighted by atomic mass is 16.6. The Hall–Kier alpha value is -3.41. The van der Waals surface area contributed by atoms with Crippen LogP contribution in [0, 0.1) is 35.5 Å². The zero-order valence-corrected chi connectivity index (χ0v) is 42.4. The Balaban J connectivity index is 1.70. The highest BCUT2D eigenvalue weighted by Crippen LogP contribution is 2.38. The smallest absolute Gasteiger partial charge is 0.329 e. The van der Waals surface area contributed by atoms with Crippen molar-refractivity contribution in [3.05, 3.63) is 47.6 Å². The minimum Gasteiger partial charge on any atom is -0.460 e. The van der Waals surface area contributed by atoms with Crippen LogP contribution in [0.4, 0.5) is 0 Å². The molecule has 68 heavy (non-hydrogen) atoms. The number of piperidine rings is 1. The Morgan fingerprint density at radius 2 is 1.59 bits per heavy atom. The quantitative estimate of drug-likeness (QED) is 0.134. The van der Waals surface area contributed by atoms with Crippen LogP contribution < -0.4 is 0 Å². The van der Waals surface area contributed by atoms with Gasteiger partial charge in [-0.2, -0.15) is 0 Å². The number of methoxy groups -OCH3 is 3. The van der Waals surface area contributed by atoms with Crippen molar-refractivity contribution in [1.29, 1.82) is 0 Å². The summed E-state index contributed by atoms with van der Waals surface area (Å²) in [7, 11) is 4.58. The van der Waals surface area contributed by atoms with Crippen LogP contribution in [0.1, 0.15) is 126 Å². The Morgan fingerprint density at radius 3 is 2.26 bits per heavy atom. The van der Waals surface area contributed by atoms with E-state index in [1.807, 2.05) is 58.1 Å². The number of ketones is 3. The fourth-order valence-corrected chi connectivity index (χ4v) is 10.5. The number of hydrogen-bond donors (Lipinski definition) is 3. The van der Waals surface area contributed by atoms with E-state index >= 15 is 0 Å². The van der Waals surface area contributed by atoms with E-state index < -0.39 is 77.8 Å². The van der Waals surface area contributed by atoms with Crippen molar-refractivity contribution in [1.82, 2.24) is 4.90 Å². The van der Waals surface area contributed by atoms with Gasteiger partial charge in [0, 0.05) is 58.5 Å². The van der Waals surface area contributed by atoms with Crippen LogP contribution in [0.5, 0.6) is 0 Å². The molecule has 3 heterocycles. The van der Waals surface area contributed by atoms with Crippen molar-refractivity contribution >= 4 is 29.2 Å². The van der Waals surface area contributed by atoms with Crippen LogP contribution in [0.2, 0.25) is 0 Å². The molecule has 3 aliphatic heterocycles. The normalized spacial score (nSPS) is 36.7. The number of fused-ring (bicyclic) bond motifs is 3. The first kappa shape index (κ1) is 57.2. The van der Waals surface area contributed by atoms with E-state index in [0.717, 1.165) is 12.0 Å². The van der Waals surface area contributed by atoms with Gasteiger partial charge in [0.1, 0.15) is 30.1 Å². The molecule has 3 fully saturated rings. The van der Waals surface area contributed by atoms with Crippen molar-refractivity contribution in [2.45, 2.75) is 180 Å². The molecule has 15 heteroatoms. The highest BCUT2D eigenvalue weighted by molar-refractivity contribution is 6.39. The van der Waals surface area contributed by atoms with Gasteiger partial charge in [-0.25, -0.2) is 4.79 Å². The van der Waals surface area contributed by atoms with Crippen molar-refractivity contribution in [3.63, 3.8) is 0 Å². The first-order chi connectivity index (χ1) is 32.3. The molecule has 2 bridgehead atoms. The molecule has 4 aliphatic rings. The summed E-state index contributed by atoms with van der Waals surface area (Å²) in [5, 5.41) is 32.8. The molecule has 2 saturated heterocycles. The molecular formula is C53H83NO14. The number of aliphatic hydroxyl groups is 3. The summed E-state index contributed by atoms with van der Waals surface area (Å²) in [6.07, 6.45) is 12.0. The maximum atomic E-state index is 14.5. The van der Waals surface area contributed by atoms with Crippen LogP contribution in [-0.2, 0) is 52.4 Å². The molecule has 15 nitrogen and oxygen atoms in total. The number of aliphatic hydroxyl groups excluding tert-OH is 2. The first-order valence-electron chi connectivity index (χ1n) is 25.0. The number of carbonyl (C=O) groups excluding carboxylic acids is 5. The molecule has 0 aromatic heterocycles. The lowest BCUT2D eigenvalue weighted by Gasteiger charge is -2.42. The number of hydrogen-bond acceptors (Lipinski definition) is 14. The van der Waals surface area contributed by atoms with Gasteiger partial charge in [-0.05, 0) is 107 Å². The molecule has 0 aromatic carbocycles. The average molecular weight is 958 g/mol. The van der Waals surface area contributed by atoms with E-state index in [1.54, 1.807) is 41.1 Å². The third-order valence-corrected chi connectivity index (χ3v) is 14.9. The van der Waals surface area contributed by atoms with Crippen LogP contribution >= 0.6 is 0 Å². The van der Waals surface area contributed by atoms with Crippen LogP contribution in [0.15, 0.2) is 47.6 Å². The van der Waals surface area contributed by atoms with Crippen LogP contribution in [-0.4, -0.2) is 145 Å². The van der Waals surface area contributed by atoms with Gasteiger partial charge >= 0.3 is 5.97 Å². The van der Waals surface area contributed by atoms with E-state index in [4.69, 9.17) is 28.4 Å². The number of rotatable bonds is 9. The standard InChI is InChI=1S/C53H83NO14/c1-32-16-12-11-13-17-33(2)44(63-8)30-40-21-19-38(7)53(62,68-40)50(59)51(60)54-23-15-14-18-41(54)52(61)67-45(35(4)28-39-20-22-43(66-25-24-55)46(29-39)64-9)31-42(56)34(3)27-37(6)48(58)49(65-10)47(57)36(5)26-32/h11-13,16-17,27,32,34-36,38-41,43-46,48-49,55,58,62H,14-15,18-26,28-31H2,1-10H3/t32-,34-,35-,36-,38-,39+,40+,41-,43+,44+,45+,46-,48-,49+,53-/m1/s1. The van der Waals surface area contributed by atoms with Gasteiger partial charge in [0.05, 0.1) is 37.6 Å². The van der Waals surface area contributed by atoms with Gasteiger partial charge in [-0.3, -0.25) is 19.2 Å². The molecule has 0 spiro atoms. The largest absolute Gasteiger partial charge is 0.460 e. The first-order valence-corrected chi connectivity index (χ1v) is 25.0. The summed E-state index contributed by atoms with van der Waals surface area (Å²) in [5.41, 5.74) is 1.26. The molecule has 384 valence electrons. The molecule has 15 atom stereocenters. The molecular weight excluding hydrogens is 875 g/mol. The molecule has 4 rings (SSSR count). The van der Waals surface area contributed by atoms with Crippen molar-refractivity contribution in [2.75, 3.05) is 41.1 Å². The number of cyclic esters (lactones) is 1. The maximum Gasteiger partial charge on any atom is 0.329 e. The lowest BCUT2D eigenvalue weighted by atomic mass is 9.78. The van der Waals surface area contributed by atoms with E-state index in [2.05, 4.69) is 0 Å². The fraction of sp³-hybridized carbons (Fsp3) is 0.755. The van der Waals surface area contributed by atoms with Gasteiger partial charge in [0.15, 0.2) is 5.78 Å². The van der Waals surface area contributed by atoms with Gasteiger partial charge in [0.25, 0.3) is 11.7 Å². The minimum atomic E-state index is -2.43. The Bertz CT molecular complexity index is 1810. The van der Waals surface area contributed by atoms with Gasteiger partial charge < -0.3 is 48.6 Å². The lowest BCUT2D eigenvalue weighted by Crippen LogP contribution is -2.61. The molecule has 3 N–H and O–H groups in total. The second-order valence-corrected chi connectivity index (χ2v) is 20.2. The molecule has 0 radical (unpaired) electrons. The van der Waals surface area contributed by atoms with Gasteiger partial charge in [-0.15, -0.1) is 0 Å². The molecule has 0 aromatic rings. The Labute approximate surface area is 405 Å². The number of Topliss-reactive ketones (excluding diaryl/α,β-unsaturated/α-hetero) is 3. The Kier molecular flexibility index (Phi) is 22.9. The number of allylic oxidation sites excluding steroid dienone is 6. The predicted molar refractivity (Wildman–Crippen MR) is 256 cm³/mol. The highest BCUT2D eigenvalue weighted by Gasteiger charge is 2.53. The molecule has 1 amide bonds. The number of amides is 1. The second-order valence-electron chi connectivity index (χ2n) is 20.2. The molecule has 1 aliphatic carbocycles. The zero-order valence-electron chi connectivity index (χ0n) is 42.4. The maximum absolute atomic E-state index is 14.5. The van der Waals surface area contributed by atoms with Gasteiger partial charge in [0.2, 0.25) is 5.79 Å². The SMILES string of the molecule is CO[C@H]1C[C@@H]2CC[C@@H](C)[C@@](O)(O2)C(=O)C(=O)N2CCCC[C@@H]2C(=O)O[C@H]([C@H](C)C[C@@H]2CC[C@H](OCCO)[C@H](OC)C2)CC(=O)[C@H](C)C=C(C)[C@@H](O)[C@@H](OC)C(=O)[C@H](C)C[C@H](C)C=CC=CC=C1C. The predicted octanol–water partition coefficient (Wildman–Crippen LogP) is 6.20. The zero-order chi connectivity index (χ0) is 50.3. The Morgan fingerprint density at radius 1 is 0.853 bits per heavy atom. The van der Waals surface area contributed by atoms with Crippen molar-refractivity contribution in [2.24, 2.45) is 35.5 Å². The lowest BCUT2D eigenvalue weighted by molar-refractivity contribution is -0.265. The monoisotopic (exact) mass is 958 g/mol. The van der Waals surface area contributed by atoms with E-state index in [9.17, 15) is 39.3 Å². The second kappa shape index (κ2) is 27.3. The van der Waals surface area contributed by atoms with Crippen molar-refractivity contribution in [3.8, 4) is 0 Å². The summed E-state index contributed by atoms with van der Waals surface area (Å²) in [6, 6.07) is -1.14. The number of esters is 1. The average Bonchev–Trinajstić information content (AvgIpc) is 3.32. The minimum absolute atomic E-state index is 0.0158. The summed E-state index contributed by atoms with van der Waals surface area (Å²) in [6.45, 7) is 12.9. The summed E-state index contributed by atoms with van der Waals surface area (Å²) >= 11 is 0.